The molecule has 2 bridgehead atoms. The number of likely N-dealkylation sites (N-methyl/N-ethyl adjacent to an activating group) is 1. The first kappa shape index (κ1) is 18.9. The number of Topliss-reactive ketones (excluding diaryl/α,β-unsaturated/α-hetero) is 1. The Balaban J connectivity index is 1.33. The van der Waals surface area contributed by atoms with Gasteiger partial charge in [-0.2, -0.15) is 0 Å². The molecule has 0 amide bonds. The summed E-state index contributed by atoms with van der Waals surface area (Å²) < 4.78 is 17.2. The van der Waals surface area contributed by atoms with Crippen LogP contribution in [0.5, 0.6) is 11.5 Å². The number of hydrogen-bond acceptors (Lipinski definition) is 6. The molecular weight excluding hydrogens is 394 g/mol. The fourth-order valence-electron chi connectivity index (χ4n) is 6.43. The third kappa shape index (κ3) is 2.67. The number of nitrogens with zero attached hydrogens (tertiary/aromatic N) is 1. The van der Waals surface area contributed by atoms with Crippen molar-refractivity contribution in [3.63, 3.8) is 0 Å². The topological polar surface area (TPSA) is 65.1 Å². The fourth-order valence-corrected chi connectivity index (χ4v) is 6.43. The SMILES string of the molecule is CN1CC[C@]23c4c5ccc(OC(=O)OCc6ccccc6)c4O[C@H]2C(=O)CC[C@H]3[C@H]1C5. The lowest BCUT2D eigenvalue weighted by molar-refractivity contribution is -0.138. The molecule has 0 unspecified atom stereocenters. The lowest BCUT2D eigenvalue weighted by atomic mass is 9.52. The minimum atomic E-state index is -0.768. The summed E-state index contributed by atoms with van der Waals surface area (Å²) in [7, 11) is 2.19. The summed E-state index contributed by atoms with van der Waals surface area (Å²) >= 11 is 0. The van der Waals surface area contributed by atoms with Gasteiger partial charge in [0, 0.05) is 23.4 Å². The number of carbonyl (C=O) groups is 2. The van der Waals surface area contributed by atoms with Gasteiger partial charge in [-0.15, -0.1) is 0 Å². The maximum absolute atomic E-state index is 12.9. The number of rotatable bonds is 3. The summed E-state index contributed by atoms with van der Waals surface area (Å²) in [5.74, 6) is 1.48. The Bertz CT molecular complexity index is 1070. The molecule has 2 aromatic carbocycles. The largest absolute Gasteiger partial charge is 0.514 e. The van der Waals surface area contributed by atoms with Crippen LogP contribution in [-0.2, 0) is 28.0 Å². The van der Waals surface area contributed by atoms with Crippen molar-refractivity contribution in [3.8, 4) is 11.5 Å². The van der Waals surface area contributed by atoms with Gasteiger partial charge in [0.05, 0.1) is 0 Å². The number of ketones is 1. The Kier molecular flexibility index (Phi) is 4.15. The standard InChI is InChI=1S/C25H25NO5/c1-26-12-11-25-17-8-9-19(27)23(25)31-22-20(10-7-16(21(22)25)13-18(17)26)30-24(28)29-14-15-5-3-2-4-6-15/h2-7,10,17-18,23H,8-9,11-14H2,1H3/t17-,18+,23-,25-/m0/s1. The van der Waals surface area contributed by atoms with Crippen LogP contribution in [0.15, 0.2) is 42.5 Å². The molecule has 160 valence electrons. The van der Waals surface area contributed by atoms with Gasteiger partial charge >= 0.3 is 6.16 Å². The number of carbonyl (C=O) groups excluding carboxylic acids is 2. The zero-order valence-corrected chi connectivity index (χ0v) is 17.5. The van der Waals surface area contributed by atoms with Crippen molar-refractivity contribution in [1.82, 2.24) is 4.90 Å². The van der Waals surface area contributed by atoms with E-state index in [-0.39, 0.29) is 17.8 Å². The van der Waals surface area contributed by atoms with Crippen LogP contribution in [0.2, 0.25) is 0 Å². The highest BCUT2D eigenvalue weighted by molar-refractivity contribution is 5.89. The summed E-state index contributed by atoms with van der Waals surface area (Å²) in [5.41, 5.74) is 2.92. The molecule has 31 heavy (non-hydrogen) atoms. The van der Waals surface area contributed by atoms with Gasteiger partial charge in [-0.3, -0.25) is 4.79 Å². The van der Waals surface area contributed by atoms with E-state index in [1.54, 1.807) is 6.07 Å². The van der Waals surface area contributed by atoms with E-state index in [0.717, 1.165) is 36.9 Å². The van der Waals surface area contributed by atoms with Gasteiger partial charge in [0.2, 0.25) is 0 Å². The van der Waals surface area contributed by atoms with Crippen LogP contribution in [0, 0.1) is 5.92 Å². The lowest BCUT2D eigenvalue weighted by Crippen LogP contribution is -2.65. The average molecular weight is 419 g/mol. The van der Waals surface area contributed by atoms with E-state index >= 15 is 0 Å². The van der Waals surface area contributed by atoms with Gasteiger partial charge in [0.15, 0.2) is 23.4 Å². The summed E-state index contributed by atoms with van der Waals surface area (Å²) in [4.78, 5) is 27.8. The molecule has 1 saturated carbocycles. The monoisotopic (exact) mass is 419 g/mol. The van der Waals surface area contributed by atoms with Gasteiger partial charge in [-0.1, -0.05) is 36.4 Å². The molecule has 0 aromatic heterocycles. The molecular formula is C25H25NO5. The molecule has 0 N–H and O–H groups in total. The normalized spacial score (nSPS) is 30.4. The zero-order valence-electron chi connectivity index (χ0n) is 17.5. The summed E-state index contributed by atoms with van der Waals surface area (Å²) in [6, 6.07) is 13.7. The first-order chi connectivity index (χ1) is 15.1. The number of benzene rings is 2. The highest BCUT2D eigenvalue weighted by Gasteiger charge is 2.65. The van der Waals surface area contributed by atoms with E-state index in [2.05, 4.69) is 11.9 Å². The molecule has 2 aromatic rings. The number of hydrogen-bond donors (Lipinski definition) is 0. The van der Waals surface area contributed by atoms with Gasteiger partial charge in [-0.05, 0) is 56.0 Å². The summed E-state index contributed by atoms with van der Waals surface area (Å²) in [6.45, 7) is 1.08. The molecule has 2 aliphatic carbocycles. The van der Waals surface area contributed by atoms with Gasteiger partial charge < -0.3 is 19.1 Å². The van der Waals surface area contributed by atoms with Crippen LogP contribution in [-0.4, -0.2) is 42.6 Å². The van der Waals surface area contributed by atoms with Crippen molar-refractivity contribution < 1.29 is 23.8 Å². The third-order valence-electron chi connectivity index (χ3n) is 7.76. The van der Waals surface area contributed by atoms with Gasteiger partial charge in [0.25, 0.3) is 0 Å². The highest BCUT2D eigenvalue weighted by Crippen LogP contribution is 2.63. The smallest absolute Gasteiger partial charge is 0.477 e. The zero-order chi connectivity index (χ0) is 21.2. The average Bonchev–Trinajstić information content (AvgIpc) is 3.14. The van der Waals surface area contributed by atoms with E-state index in [1.165, 1.54) is 5.56 Å². The molecule has 6 heteroatoms. The fraction of sp³-hybridized carbons (Fsp3) is 0.440. The highest BCUT2D eigenvalue weighted by atomic mass is 16.7. The maximum atomic E-state index is 12.9. The predicted molar refractivity (Wildman–Crippen MR) is 112 cm³/mol. The third-order valence-corrected chi connectivity index (χ3v) is 7.76. The second-order valence-electron chi connectivity index (χ2n) is 9.21. The Morgan fingerprint density at radius 2 is 2.06 bits per heavy atom. The quantitative estimate of drug-likeness (QED) is 0.559. The van der Waals surface area contributed by atoms with Crippen molar-refractivity contribution >= 4 is 11.9 Å². The van der Waals surface area contributed by atoms with Crippen LogP contribution < -0.4 is 9.47 Å². The molecule has 2 aliphatic heterocycles. The molecule has 2 heterocycles. The molecule has 0 radical (unpaired) electrons. The van der Waals surface area contributed by atoms with Crippen molar-refractivity contribution in [3.05, 3.63) is 59.2 Å². The Morgan fingerprint density at radius 3 is 2.90 bits per heavy atom. The Labute approximate surface area is 181 Å². The minimum Gasteiger partial charge on any atom is -0.477 e. The first-order valence-electron chi connectivity index (χ1n) is 11.0. The maximum Gasteiger partial charge on any atom is 0.514 e. The van der Waals surface area contributed by atoms with E-state index in [9.17, 15) is 9.59 Å². The molecule has 1 spiro atoms. The van der Waals surface area contributed by atoms with E-state index in [1.807, 2.05) is 36.4 Å². The van der Waals surface area contributed by atoms with Crippen LogP contribution in [0.25, 0.3) is 0 Å². The summed E-state index contributed by atoms with van der Waals surface area (Å²) in [6.07, 6.45) is 2.05. The van der Waals surface area contributed by atoms with Gasteiger partial charge in [-0.25, -0.2) is 4.79 Å². The number of ether oxygens (including phenoxy) is 3. The first-order valence-corrected chi connectivity index (χ1v) is 11.0. The molecule has 4 aliphatic rings. The van der Waals surface area contributed by atoms with Crippen LogP contribution in [0.1, 0.15) is 36.0 Å². The van der Waals surface area contributed by atoms with Gasteiger partial charge in [0.1, 0.15) is 6.61 Å². The van der Waals surface area contributed by atoms with E-state index in [4.69, 9.17) is 14.2 Å². The van der Waals surface area contributed by atoms with E-state index in [0.29, 0.717) is 29.9 Å². The molecule has 6 rings (SSSR count). The number of likely N-dealkylation sites (tertiary alicyclic amines) is 1. The lowest BCUT2D eigenvalue weighted by Gasteiger charge is -2.57. The molecule has 2 fully saturated rings. The predicted octanol–water partition coefficient (Wildman–Crippen LogP) is 3.64. The van der Waals surface area contributed by atoms with Crippen molar-refractivity contribution in [1.29, 1.82) is 0 Å². The van der Waals surface area contributed by atoms with Crippen molar-refractivity contribution in [2.45, 2.75) is 49.9 Å². The molecule has 1 saturated heterocycles. The van der Waals surface area contributed by atoms with Crippen molar-refractivity contribution in [2.24, 2.45) is 5.92 Å². The Hall–Kier alpha value is -2.86. The Morgan fingerprint density at radius 1 is 1.23 bits per heavy atom. The van der Waals surface area contributed by atoms with Crippen LogP contribution >= 0.6 is 0 Å². The molecule has 6 nitrogen and oxygen atoms in total. The van der Waals surface area contributed by atoms with Crippen molar-refractivity contribution in [2.75, 3.05) is 13.6 Å². The second kappa shape index (κ2) is 6.82. The molecule has 4 atom stereocenters. The van der Waals surface area contributed by atoms with E-state index < -0.39 is 12.3 Å². The number of piperidine rings is 1. The van der Waals surface area contributed by atoms with Crippen LogP contribution in [0.3, 0.4) is 0 Å². The minimum absolute atomic E-state index is 0.141. The van der Waals surface area contributed by atoms with Crippen LogP contribution in [0.4, 0.5) is 4.79 Å². The second-order valence-corrected chi connectivity index (χ2v) is 9.21. The summed E-state index contributed by atoms with van der Waals surface area (Å²) in [5, 5.41) is 0.